The number of para-hydroxylation sites is 1. The second-order valence-corrected chi connectivity index (χ2v) is 12.3. The van der Waals surface area contributed by atoms with Crippen LogP contribution in [-0.2, 0) is 28.5 Å². The molecule has 2 aromatic heterocycles. The van der Waals surface area contributed by atoms with Gasteiger partial charge < -0.3 is 39.6 Å². The summed E-state index contributed by atoms with van der Waals surface area (Å²) >= 11 is 0. The van der Waals surface area contributed by atoms with Crippen LogP contribution in [0.15, 0.2) is 85.2 Å². The molecule has 54 heavy (non-hydrogen) atoms. The van der Waals surface area contributed by atoms with Gasteiger partial charge in [-0.25, -0.2) is 19.4 Å². The molecule has 1 saturated heterocycles. The van der Waals surface area contributed by atoms with E-state index in [4.69, 9.17) is 34.5 Å². The number of hydrogen-bond acceptors (Lipinski definition) is 12. The van der Waals surface area contributed by atoms with Gasteiger partial charge >= 0.3 is 12.1 Å². The molecular formula is C39H47N7O8. The average Bonchev–Trinajstić information content (AvgIpc) is 3.59. The summed E-state index contributed by atoms with van der Waals surface area (Å²) < 4.78 is 28.8. The van der Waals surface area contributed by atoms with Gasteiger partial charge in [0.25, 0.3) is 0 Å². The van der Waals surface area contributed by atoms with Crippen LogP contribution in [0.1, 0.15) is 38.6 Å². The molecule has 0 spiro atoms. The maximum Gasteiger partial charge on any atom is 0.407 e. The Labute approximate surface area is 314 Å². The van der Waals surface area contributed by atoms with Gasteiger partial charge in [-0.15, -0.1) is 0 Å². The first kappa shape index (κ1) is 39.4. The number of carbonyl (C=O) groups is 3. The smallest absolute Gasteiger partial charge is 0.407 e. The minimum atomic E-state index is -0.618. The van der Waals surface area contributed by atoms with E-state index in [1.54, 1.807) is 17.1 Å². The zero-order valence-corrected chi connectivity index (χ0v) is 30.4. The van der Waals surface area contributed by atoms with Crippen LogP contribution in [-0.4, -0.2) is 102 Å². The van der Waals surface area contributed by atoms with Gasteiger partial charge in [0, 0.05) is 44.3 Å². The van der Waals surface area contributed by atoms with Crippen LogP contribution in [0.4, 0.5) is 10.6 Å². The van der Waals surface area contributed by atoms with E-state index in [9.17, 15) is 14.4 Å². The molecular weight excluding hydrogens is 694 g/mol. The summed E-state index contributed by atoms with van der Waals surface area (Å²) in [7, 11) is 0. The molecule has 3 N–H and O–H groups in total. The normalized spacial score (nSPS) is 14.5. The van der Waals surface area contributed by atoms with Crippen molar-refractivity contribution in [2.24, 2.45) is 0 Å². The van der Waals surface area contributed by atoms with Crippen LogP contribution < -0.4 is 15.8 Å². The fourth-order valence-corrected chi connectivity index (χ4v) is 5.71. The summed E-state index contributed by atoms with van der Waals surface area (Å²) in [5.74, 6) is 1.33. The van der Waals surface area contributed by atoms with Crippen LogP contribution in [0.25, 0.3) is 22.3 Å². The SMILES string of the molecule is C/C=C/COC(=O)CCCOCCOCCOC(=O)NC/C=C/C(=O)N1CCC[C@@H](n2nc(-c3ccc(Oc4ccccc4)cc3)c3c(N)ncnc32)C1. The molecule has 0 aliphatic carbocycles. The Morgan fingerprint density at radius 1 is 0.926 bits per heavy atom. The van der Waals surface area contributed by atoms with Crippen LogP contribution >= 0.6 is 0 Å². The van der Waals surface area contributed by atoms with Gasteiger partial charge in [-0.05, 0) is 62.6 Å². The number of anilines is 1. The molecule has 0 unspecified atom stereocenters. The fourth-order valence-electron chi connectivity index (χ4n) is 5.71. The van der Waals surface area contributed by atoms with Crippen molar-refractivity contribution in [1.29, 1.82) is 0 Å². The summed E-state index contributed by atoms with van der Waals surface area (Å²) in [6.07, 6.45) is 9.87. The van der Waals surface area contributed by atoms with Gasteiger partial charge in [-0.3, -0.25) is 9.59 Å². The summed E-state index contributed by atoms with van der Waals surface area (Å²) in [4.78, 5) is 47.2. The molecule has 2 amide bonds. The number of esters is 1. The Hall–Kier alpha value is -5.80. The molecule has 4 aromatic rings. The highest BCUT2D eigenvalue weighted by Crippen LogP contribution is 2.35. The van der Waals surface area contributed by atoms with Crippen LogP contribution in [0.2, 0.25) is 0 Å². The van der Waals surface area contributed by atoms with E-state index >= 15 is 0 Å². The third kappa shape index (κ3) is 11.9. The van der Waals surface area contributed by atoms with Crippen LogP contribution in [0.5, 0.6) is 11.5 Å². The van der Waals surface area contributed by atoms with E-state index < -0.39 is 6.09 Å². The lowest BCUT2D eigenvalue weighted by atomic mass is 10.1. The highest BCUT2D eigenvalue weighted by molar-refractivity contribution is 5.98. The maximum atomic E-state index is 13.1. The fraction of sp³-hybridized carbons (Fsp3) is 0.385. The number of fused-ring (bicyclic) bond motifs is 1. The zero-order valence-electron chi connectivity index (χ0n) is 30.4. The Morgan fingerprint density at radius 2 is 1.69 bits per heavy atom. The van der Waals surface area contributed by atoms with Gasteiger partial charge in [-0.1, -0.05) is 36.4 Å². The number of rotatable bonds is 19. The number of piperidine rings is 1. The second-order valence-electron chi connectivity index (χ2n) is 12.3. The Morgan fingerprint density at radius 3 is 2.48 bits per heavy atom. The number of alkyl carbamates (subject to hydrolysis) is 1. The molecule has 15 heteroatoms. The summed E-state index contributed by atoms with van der Waals surface area (Å²) in [5, 5.41) is 8.21. The topological polar surface area (TPSA) is 182 Å². The predicted molar refractivity (Wildman–Crippen MR) is 202 cm³/mol. The Bertz CT molecular complexity index is 1860. The number of likely N-dealkylation sites (tertiary alicyclic amines) is 1. The minimum Gasteiger partial charge on any atom is -0.461 e. The number of allylic oxidation sites excluding steroid dienone is 1. The highest BCUT2D eigenvalue weighted by atomic mass is 16.6. The lowest BCUT2D eigenvalue weighted by Gasteiger charge is -2.32. The highest BCUT2D eigenvalue weighted by Gasteiger charge is 2.28. The number of benzene rings is 2. The molecule has 0 radical (unpaired) electrons. The van der Waals surface area contributed by atoms with Crippen molar-refractivity contribution in [1.82, 2.24) is 30.0 Å². The van der Waals surface area contributed by atoms with E-state index in [2.05, 4.69) is 15.3 Å². The van der Waals surface area contributed by atoms with Gasteiger partial charge in [0.15, 0.2) is 5.65 Å². The van der Waals surface area contributed by atoms with Crippen molar-refractivity contribution in [2.75, 3.05) is 65.0 Å². The van der Waals surface area contributed by atoms with Crippen LogP contribution in [0.3, 0.4) is 0 Å². The molecule has 1 atom stereocenters. The number of hydrogen-bond donors (Lipinski definition) is 2. The lowest BCUT2D eigenvalue weighted by Crippen LogP contribution is -2.40. The van der Waals surface area contributed by atoms with Gasteiger partial charge in [0.1, 0.15) is 42.6 Å². The first-order valence-electron chi connectivity index (χ1n) is 18.0. The molecule has 1 fully saturated rings. The van der Waals surface area contributed by atoms with Gasteiger partial charge in [0.2, 0.25) is 5.91 Å². The number of nitrogens with one attached hydrogen (secondary N) is 1. The predicted octanol–water partition coefficient (Wildman–Crippen LogP) is 5.25. The molecule has 2 aromatic carbocycles. The standard InChI is InChI=1S/C39H47N7O8/c1-2-3-22-52-34(48)14-9-21-50-23-24-51-25-26-53-39(49)41-19-7-13-33(47)45-20-8-10-30(27-45)46-38-35(37(40)42-28-43-38)36(44-46)29-15-17-32(18-16-29)54-31-11-5-4-6-12-31/h2-7,11-13,15-18,28,30H,8-10,14,19-27H2,1H3,(H,41,49)(H2,40,42,43)/b3-2+,13-7+/t30-/m1/s1. The van der Waals surface area contributed by atoms with Crippen molar-refractivity contribution in [3.05, 3.63) is 85.2 Å². The molecule has 5 rings (SSSR count). The van der Waals surface area contributed by atoms with E-state index in [0.29, 0.717) is 74.0 Å². The lowest BCUT2D eigenvalue weighted by molar-refractivity contribution is -0.142. The second kappa shape index (κ2) is 21.0. The summed E-state index contributed by atoms with van der Waals surface area (Å²) in [6, 6.07) is 17.0. The zero-order chi connectivity index (χ0) is 38.0. The molecule has 0 saturated carbocycles. The number of nitrogens with zero attached hydrogens (tertiary/aromatic N) is 5. The van der Waals surface area contributed by atoms with Crippen molar-refractivity contribution in [2.45, 2.75) is 38.6 Å². The van der Waals surface area contributed by atoms with Crippen molar-refractivity contribution >= 4 is 34.8 Å². The number of nitrogen functional groups attached to an aromatic ring is 1. The monoisotopic (exact) mass is 741 g/mol. The molecule has 3 heterocycles. The number of nitrogens with two attached hydrogens (primary N) is 1. The number of aromatic nitrogens is 4. The maximum absolute atomic E-state index is 13.1. The third-order valence-corrected chi connectivity index (χ3v) is 8.38. The minimum absolute atomic E-state index is 0.0655. The van der Waals surface area contributed by atoms with Gasteiger partial charge in [0.05, 0.1) is 31.2 Å². The molecule has 0 bridgehead atoms. The van der Waals surface area contributed by atoms with Crippen LogP contribution in [0, 0.1) is 0 Å². The summed E-state index contributed by atoms with van der Waals surface area (Å²) in [6.45, 7) is 4.68. The summed E-state index contributed by atoms with van der Waals surface area (Å²) in [5.41, 5.74) is 8.44. The van der Waals surface area contributed by atoms with E-state index in [1.165, 1.54) is 12.4 Å². The Kier molecular flexibility index (Phi) is 15.4. The van der Waals surface area contributed by atoms with Crippen molar-refractivity contribution in [3.8, 4) is 22.8 Å². The third-order valence-electron chi connectivity index (χ3n) is 8.38. The number of ether oxygens (including phenoxy) is 5. The van der Waals surface area contributed by atoms with E-state index in [0.717, 1.165) is 24.2 Å². The quantitative estimate of drug-likeness (QED) is 0.0552. The van der Waals surface area contributed by atoms with E-state index in [-0.39, 0.29) is 44.3 Å². The molecule has 15 nitrogen and oxygen atoms in total. The first-order chi connectivity index (χ1) is 26.4. The number of amides is 2. The average molecular weight is 742 g/mol. The van der Waals surface area contributed by atoms with Gasteiger partial charge in [-0.2, -0.15) is 5.10 Å². The largest absolute Gasteiger partial charge is 0.461 e. The van der Waals surface area contributed by atoms with E-state index in [1.807, 2.05) is 72.3 Å². The van der Waals surface area contributed by atoms with Crippen molar-refractivity contribution < 1.29 is 38.1 Å². The Balaban J connectivity index is 1.02. The first-order valence-corrected chi connectivity index (χ1v) is 18.0. The van der Waals surface area contributed by atoms with Crippen molar-refractivity contribution in [3.63, 3.8) is 0 Å². The number of carbonyl (C=O) groups excluding carboxylic acids is 3. The molecule has 1 aliphatic heterocycles. The molecule has 1 aliphatic rings. The molecule has 286 valence electrons.